The SMILES string of the molecule is N#CNNC#N. The first-order valence-corrected chi connectivity index (χ1v) is 1.20. The van der Waals surface area contributed by atoms with Gasteiger partial charge in [0.1, 0.15) is 0 Å². The van der Waals surface area contributed by atoms with Crippen molar-refractivity contribution in [2.75, 3.05) is 0 Å². The van der Waals surface area contributed by atoms with E-state index < -0.39 is 0 Å². The molecule has 0 amide bonds. The highest BCUT2D eigenvalue weighted by molar-refractivity contribution is 4.67. The highest BCUT2D eigenvalue weighted by atomic mass is 15.3. The third-order valence-electron chi connectivity index (χ3n) is 0.174. The summed E-state index contributed by atoms with van der Waals surface area (Å²) in [5.41, 5.74) is 3.78. The maximum absolute atomic E-state index is 7.62. The van der Waals surface area contributed by atoms with E-state index in [0.29, 0.717) is 0 Å². The summed E-state index contributed by atoms with van der Waals surface area (Å²) in [6, 6.07) is 0. The Morgan fingerprint density at radius 3 is 1.50 bits per heavy atom. The molecule has 6 heavy (non-hydrogen) atoms. The summed E-state index contributed by atoms with van der Waals surface area (Å²) in [7, 11) is 0. The lowest BCUT2D eigenvalue weighted by Gasteiger charge is -1.79. The Morgan fingerprint density at radius 2 is 1.33 bits per heavy atom. The van der Waals surface area contributed by atoms with Crippen LogP contribution in [-0.2, 0) is 0 Å². The topological polar surface area (TPSA) is 71.6 Å². The first-order chi connectivity index (χ1) is 2.91. The van der Waals surface area contributed by atoms with Crippen LogP contribution in [0.4, 0.5) is 0 Å². The second-order valence-electron chi connectivity index (χ2n) is 0.474. The molecule has 0 spiro atoms. The Kier molecular flexibility index (Phi) is 2.73. The van der Waals surface area contributed by atoms with Gasteiger partial charge in [-0.15, -0.1) is 0 Å². The minimum Gasteiger partial charge on any atom is -0.227 e. The van der Waals surface area contributed by atoms with E-state index in [1.54, 1.807) is 0 Å². The number of hydrogen-bond acceptors (Lipinski definition) is 4. The minimum atomic E-state index is 1.48. The molecule has 0 rings (SSSR count). The molecule has 0 bridgehead atoms. The van der Waals surface area contributed by atoms with E-state index in [1.165, 1.54) is 12.4 Å². The Morgan fingerprint density at radius 1 is 1.00 bits per heavy atom. The van der Waals surface area contributed by atoms with Crippen LogP contribution in [0.15, 0.2) is 0 Å². The quantitative estimate of drug-likeness (QED) is 0.185. The minimum absolute atomic E-state index is 1.48. The van der Waals surface area contributed by atoms with Crippen molar-refractivity contribution >= 4 is 0 Å². The monoisotopic (exact) mass is 82.0 g/mol. The molecule has 0 aliphatic heterocycles. The number of nitriles is 2. The second kappa shape index (κ2) is 3.58. The summed E-state index contributed by atoms with van der Waals surface area (Å²) < 4.78 is 0. The molecule has 0 aliphatic rings. The van der Waals surface area contributed by atoms with Crippen LogP contribution < -0.4 is 10.9 Å². The molecule has 0 aromatic rings. The van der Waals surface area contributed by atoms with Gasteiger partial charge in [0, 0.05) is 0 Å². The summed E-state index contributed by atoms with van der Waals surface area (Å²) in [5, 5.41) is 15.2. The molecule has 0 aliphatic carbocycles. The molecule has 2 N–H and O–H groups in total. The lowest BCUT2D eigenvalue weighted by atomic mass is 11.3. The van der Waals surface area contributed by atoms with E-state index in [4.69, 9.17) is 10.5 Å². The van der Waals surface area contributed by atoms with Gasteiger partial charge in [-0.25, -0.2) is 10.9 Å². The molecular formula is C2H2N4. The summed E-state index contributed by atoms with van der Waals surface area (Å²) in [5.74, 6) is 0. The number of hydrazine groups is 1. The molecule has 0 saturated carbocycles. The van der Waals surface area contributed by atoms with E-state index >= 15 is 0 Å². The van der Waals surface area contributed by atoms with Crippen molar-refractivity contribution in [2.45, 2.75) is 0 Å². The van der Waals surface area contributed by atoms with E-state index in [0.717, 1.165) is 0 Å². The van der Waals surface area contributed by atoms with Crippen molar-refractivity contribution in [3.05, 3.63) is 0 Å². The zero-order chi connectivity index (χ0) is 4.83. The van der Waals surface area contributed by atoms with Crippen LogP contribution in [0.3, 0.4) is 0 Å². The van der Waals surface area contributed by atoms with Crippen LogP contribution >= 0.6 is 0 Å². The van der Waals surface area contributed by atoms with Crippen molar-refractivity contribution in [1.82, 2.24) is 10.9 Å². The fraction of sp³-hybridized carbons (Fsp3) is 0. The van der Waals surface area contributed by atoms with Crippen LogP contribution in [0.1, 0.15) is 0 Å². The van der Waals surface area contributed by atoms with Gasteiger partial charge in [-0.3, -0.25) is 0 Å². The molecule has 0 aromatic carbocycles. The second-order valence-corrected chi connectivity index (χ2v) is 0.474. The lowest BCUT2D eigenvalue weighted by Crippen LogP contribution is -2.20. The average molecular weight is 82.1 g/mol. The summed E-state index contributed by atoms with van der Waals surface area (Å²) in [6.07, 6.45) is 2.97. The van der Waals surface area contributed by atoms with Gasteiger partial charge in [-0.1, -0.05) is 0 Å². The molecule has 4 heteroatoms. The Bertz CT molecular complexity index is 79.1. The van der Waals surface area contributed by atoms with Crippen molar-refractivity contribution in [3.8, 4) is 12.4 Å². The normalized spacial score (nSPS) is 4.33. The average Bonchev–Trinajstić information content (AvgIpc) is 1.61. The number of rotatable bonds is 1. The number of hydrogen-bond donors (Lipinski definition) is 2. The molecule has 30 valence electrons. The van der Waals surface area contributed by atoms with E-state index in [9.17, 15) is 0 Å². The summed E-state index contributed by atoms with van der Waals surface area (Å²) in [6.45, 7) is 0. The van der Waals surface area contributed by atoms with Gasteiger partial charge in [0.05, 0.1) is 0 Å². The third-order valence-corrected chi connectivity index (χ3v) is 0.174. The molecule has 0 unspecified atom stereocenters. The van der Waals surface area contributed by atoms with E-state index in [1.807, 2.05) is 10.9 Å². The predicted molar refractivity (Wildman–Crippen MR) is 17.5 cm³/mol. The first-order valence-electron chi connectivity index (χ1n) is 1.20. The van der Waals surface area contributed by atoms with Gasteiger partial charge in [0.2, 0.25) is 0 Å². The third kappa shape index (κ3) is 2.58. The Labute approximate surface area is 35.0 Å². The molecular weight excluding hydrogens is 80.0 g/mol. The van der Waals surface area contributed by atoms with E-state index in [-0.39, 0.29) is 0 Å². The van der Waals surface area contributed by atoms with Crippen LogP contribution in [0, 0.1) is 22.9 Å². The van der Waals surface area contributed by atoms with E-state index in [2.05, 4.69) is 0 Å². The van der Waals surface area contributed by atoms with Gasteiger partial charge in [0.25, 0.3) is 0 Å². The van der Waals surface area contributed by atoms with Crippen molar-refractivity contribution in [1.29, 1.82) is 10.5 Å². The molecule has 4 nitrogen and oxygen atoms in total. The maximum Gasteiger partial charge on any atom is 0.197 e. The fourth-order valence-corrected chi connectivity index (χ4v) is 0.0559. The van der Waals surface area contributed by atoms with Gasteiger partial charge in [-0.2, -0.15) is 10.5 Å². The zero-order valence-corrected chi connectivity index (χ0v) is 2.89. The highest BCUT2D eigenvalue weighted by Crippen LogP contribution is 1.28. The van der Waals surface area contributed by atoms with Gasteiger partial charge < -0.3 is 0 Å². The molecule has 0 aromatic heterocycles. The lowest BCUT2D eigenvalue weighted by molar-refractivity contribution is 0.806. The van der Waals surface area contributed by atoms with Crippen LogP contribution in [0.2, 0.25) is 0 Å². The number of nitrogens with zero attached hydrogens (tertiary/aromatic N) is 2. The largest absolute Gasteiger partial charge is 0.227 e. The molecule has 0 radical (unpaired) electrons. The van der Waals surface area contributed by atoms with Crippen LogP contribution in [0.25, 0.3) is 0 Å². The van der Waals surface area contributed by atoms with Crippen LogP contribution in [-0.4, -0.2) is 0 Å². The fourth-order valence-electron chi connectivity index (χ4n) is 0.0559. The molecule has 0 heterocycles. The highest BCUT2D eigenvalue weighted by Gasteiger charge is 1.60. The summed E-state index contributed by atoms with van der Waals surface area (Å²) >= 11 is 0. The standard InChI is InChI=1S/C2H2N4/c3-1-5-6-2-4/h5-6H. The predicted octanol–water partition coefficient (Wildman–Crippen LogP) is -0.957. The van der Waals surface area contributed by atoms with Gasteiger partial charge in [-0.05, 0) is 0 Å². The Balaban J connectivity index is 2.78. The van der Waals surface area contributed by atoms with Gasteiger partial charge >= 0.3 is 0 Å². The molecule has 0 fully saturated rings. The number of nitrogens with one attached hydrogen (secondary N) is 2. The zero-order valence-electron chi connectivity index (χ0n) is 2.89. The van der Waals surface area contributed by atoms with Crippen LogP contribution in [0.5, 0.6) is 0 Å². The first kappa shape index (κ1) is 4.58. The van der Waals surface area contributed by atoms with Crippen molar-refractivity contribution in [2.24, 2.45) is 0 Å². The van der Waals surface area contributed by atoms with Gasteiger partial charge in [0.15, 0.2) is 12.4 Å². The summed E-state index contributed by atoms with van der Waals surface area (Å²) in [4.78, 5) is 0. The van der Waals surface area contributed by atoms with Crippen molar-refractivity contribution in [3.63, 3.8) is 0 Å². The molecule has 0 saturated heterocycles. The maximum atomic E-state index is 7.62. The Hall–Kier alpha value is -1.42. The van der Waals surface area contributed by atoms with Crippen molar-refractivity contribution < 1.29 is 0 Å². The smallest absolute Gasteiger partial charge is 0.197 e. The molecule has 0 atom stereocenters.